The number of sulfonamides is 1. The third kappa shape index (κ3) is 4.15. The molecule has 0 aromatic heterocycles. The van der Waals surface area contributed by atoms with Gasteiger partial charge in [-0.25, -0.2) is 12.8 Å². The molecule has 19 heavy (non-hydrogen) atoms. The van der Waals surface area contributed by atoms with Crippen molar-refractivity contribution in [1.29, 1.82) is 0 Å². The zero-order valence-electron chi connectivity index (χ0n) is 10.5. The van der Waals surface area contributed by atoms with E-state index >= 15 is 0 Å². The van der Waals surface area contributed by atoms with Crippen molar-refractivity contribution in [1.82, 2.24) is 5.32 Å². The van der Waals surface area contributed by atoms with Crippen LogP contribution in [0.2, 0.25) is 0 Å². The maximum atomic E-state index is 13.5. The lowest BCUT2D eigenvalue weighted by Crippen LogP contribution is -2.35. The van der Waals surface area contributed by atoms with Gasteiger partial charge in [-0.05, 0) is 38.0 Å². The van der Waals surface area contributed by atoms with E-state index in [1.807, 2.05) is 0 Å². The van der Waals surface area contributed by atoms with Crippen LogP contribution in [-0.2, 0) is 10.0 Å². The Bertz CT molecular complexity index is 561. The van der Waals surface area contributed by atoms with E-state index in [0.29, 0.717) is 17.1 Å². The summed E-state index contributed by atoms with van der Waals surface area (Å²) in [5.74, 6) is -0.589. The monoisotopic (exact) mass is 350 g/mol. The maximum Gasteiger partial charge on any atom is 0.236 e. The largest absolute Gasteiger partial charge is 0.313 e. The van der Waals surface area contributed by atoms with E-state index in [2.05, 4.69) is 26.0 Å². The molecule has 0 spiro atoms. The second-order valence-electron chi connectivity index (χ2n) is 4.76. The van der Waals surface area contributed by atoms with Gasteiger partial charge in [-0.15, -0.1) is 0 Å². The summed E-state index contributed by atoms with van der Waals surface area (Å²) >= 11 is 3.19. The van der Waals surface area contributed by atoms with Crippen LogP contribution in [0.4, 0.5) is 10.1 Å². The number of hydrogen-bond donors (Lipinski definition) is 2. The molecule has 1 aliphatic rings. The van der Waals surface area contributed by atoms with Crippen LogP contribution < -0.4 is 10.0 Å². The number of hydrogen-bond acceptors (Lipinski definition) is 3. The van der Waals surface area contributed by atoms with Gasteiger partial charge in [0, 0.05) is 17.1 Å². The van der Waals surface area contributed by atoms with Gasteiger partial charge in [-0.1, -0.05) is 15.9 Å². The van der Waals surface area contributed by atoms with Crippen LogP contribution in [0.25, 0.3) is 0 Å². The van der Waals surface area contributed by atoms with Gasteiger partial charge in [0.05, 0.1) is 10.9 Å². The highest BCUT2D eigenvalue weighted by molar-refractivity contribution is 9.10. The third-order valence-electron chi connectivity index (χ3n) is 2.98. The van der Waals surface area contributed by atoms with Crippen molar-refractivity contribution in [3.05, 3.63) is 28.5 Å². The van der Waals surface area contributed by atoms with Crippen molar-refractivity contribution in [3.8, 4) is 0 Å². The molecule has 0 amide bonds. The van der Waals surface area contributed by atoms with Gasteiger partial charge in [0.25, 0.3) is 0 Å². The van der Waals surface area contributed by atoms with Gasteiger partial charge >= 0.3 is 0 Å². The molecular weight excluding hydrogens is 335 g/mol. The van der Waals surface area contributed by atoms with Crippen LogP contribution in [0.15, 0.2) is 22.7 Å². The smallest absolute Gasteiger partial charge is 0.236 e. The highest BCUT2D eigenvalue weighted by Gasteiger charge is 2.26. The van der Waals surface area contributed by atoms with E-state index < -0.39 is 21.1 Å². The average Bonchev–Trinajstić information content (AvgIpc) is 3.14. The molecule has 0 aliphatic heterocycles. The van der Waals surface area contributed by atoms with E-state index in [0.717, 1.165) is 12.8 Å². The molecule has 0 bridgehead atoms. The molecule has 106 valence electrons. The Labute approximate surface area is 121 Å². The number of benzene rings is 1. The van der Waals surface area contributed by atoms with E-state index in [1.54, 1.807) is 6.92 Å². The Morgan fingerprint density at radius 3 is 2.79 bits per heavy atom. The van der Waals surface area contributed by atoms with Crippen molar-refractivity contribution >= 4 is 31.6 Å². The van der Waals surface area contributed by atoms with Gasteiger partial charge in [0.15, 0.2) is 0 Å². The fourth-order valence-corrected chi connectivity index (χ4v) is 2.90. The lowest BCUT2D eigenvalue weighted by Gasteiger charge is -2.16. The van der Waals surface area contributed by atoms with Crippen molar-refractivity contribution in [2.45, 2.75) is 31.1 Å². The molecular formula is C12H16BrFN2O2S. The zero-order valence-corrected chi connectivity index (χ0v) is 12.9. The molecule has 1 unspecified atom stereocenters. The first-order valence-corrected chi connectivity index (χ1v) is 8.42. The summed E-state index contributed by atoms with van der Waals surface area (Å²) in [7, 11) is -3.59. The highest BCUT2D eigenvalue weighted by atomic mass is 79.9. The quantitative estimate of drug-likeness (QED) is 0.828. The number of anilines is 1. The molecule has 1 aromatic carbocycles. The van der Waals surface area contributed by atoms with Crippen molar-refractivity contribution in [2.75, 3.05) is 11.3 Å². The Balaban J connectivity index is 2.04. The van der Waals surface area contributed by atoms with Crippen molar-refractivity contribution in [3.63, 3.8) is 0 Å². The predicted octanol–water partition coefficient (Wildman–Crippen LogP) is 2.47. The minimum Gasteiger partial charge on any atom is -0.313 e. The minimum absolute atomic E-state index is 0.0346. The lowest BCUT2D eigenvalue weighted by molar-refractivity contribution is 0.574. The van der Waals surface area contributed by atoms with Crippen LogP contribution in [0.3, 0.4) is 0 Å². The topological polar surface area (TPSA) is 58.2 Å². The van der Waals surface area contributed by atoms with Crippen LogP contribution in [0, 0.1) is 5.82 Å². The summed E-state index contributed by atoms with van der Waals surface area (Å²) in [5, 5.41) is 2.53. The number of halogens is 2. The fourth-order valence-electron chi connectivity index (χ4n) is 1.56. The van der Waals surface area contributed by atoms with Crippen LogP contribution in [0.5, 0.6) is 0 Å². The van der Waals surface area contributed by atoms with Gasteiger partial charge in [-0.2, -0.15) is 0 Å². The third-order valence-corrected chi connectivity index (χ3v) is 5.21. The zero-order chi connectivity index (χ0) is 14.0. The number of nitrogens with one attached hydrogen (secondary N) is 2. The SMILES string of the molecule is CC(CNC1CC1)S(=O)(=O)Nc1cc(Br)ccc1F. The van der Waals surface area contributed by atoms with Gasteiger partial charge in [0.2, 0.25) is 10.0 Å². The Kier molecular flexibility index (Phi) is 4.47. The Hall–Kier alpha value is -0.660. The molecule has 1 atom stereocenters. The van der Waals surface area contributed by atoms with Crippen molar-refractivity contribution in [2.24, 2.45) is 0 Å². The summed E-state index contributed by atoms with van der Waals surface area (Å²) in [6, 6.07) is 4.59. The van der Waals surface area contributed by atoms with Gasteiger partial charge in [0.1, 0.15) is 5.82 Å². The van der Waals surface area contributed by atoms with Gasteiger partial charge in [-0.3, -0.25) is 4.72 Å². The molecule has 1 fully saturated rings. The van der Waals surface area contributed by atoms with E-state index in [-0.39, 0.29) is 5.69 Å². The molecule has 0 radical (unpaired) electrons. The molecule has 2 rings (SSSR count). The van der Waals surface area contributed by atoms with E-state index in [1.165, 1.54) is 18.2 Å². The molecule has 1 saturated carbocycles. The molecule has 1 aromatic rings. The van der Waals surface area contributed by atoms with Gasteiger partial charge < -0.3 is 5.32 Å². The summed E-state index contributed by atoms with van der Waals surface area (Å²) in [5.41, 5.74) is -0.0346. The minimum atomic E-state index is -3.59. The first-order chi connectivity index (χ1) is 8.88. The summed E-state index contributed by atoms with van der Waals surface area (Å²) in [6.45, 7) is 1.98. The summed E-state index contributed by atoms with van der Waals surface area (Å²) < 4.78 is 40.6. The Morgan fingerprint density at radius 2 is 2.16 bits per heavy atom. The van der Waals surface area contributed by atoms with Crippen LogP contribution in [-0.4, -0.2) is 26.3 Å². The first-order valence-electron chi connectivity index (χ1n) is 6.08. The molecule has 0 saturated heterocycles. The molecule has 4 nitrogen and oxygen atoms in total. The number of rotatable bonds is 6. The van der Waals surface area contributed by atoms with Crippen molar-refractivity contribution < 1.29 is 12.8 Å². The molecule has 0 heterocycles. The van der Waals surface area contributed by atoms with Crippen LogP contribution in [0.1, 0.15) is 19.8 Å². The molecule has 2 N–H and O–H groups in total. The second-order valence-corrected chi connectivity index (χ2v) is 7.78. The van der Waals surface area contributed by atoms with E-state index in [9.17, 15) is 12.8 Å². The van der Waals surface area contributed by atoms with E-state index in [4.69, 9.17) is 0 Å². The highest BCUT2D eigenvalue weighted by Crippen LogP contribution is 2.22. The van der Waals surface area contributed by atoms with Crippen LogP contribution >= 0.6 is 15.9 Å². The summed E-state index contributed by atoms with van der Waals surface area (Å²) in [4.78, 5) is 0. The lowest BCUT2D eigenvalue weighted by atomic mass is 10.3. The maximum absolute atomic E-state index is 13.5. The standard InChI is InChI=1S/C12H16BrFN2O2S/c1-8(7-15-10-3-4-10)19(17,18)16-12-6-9(13)2-5-11(12)14/h2,5-6,8,10,15-16H,3-4,7H2,1H3. The Morgan fingerprint density at radius 1 is 1.47 bits per heavy atom. The fraction of sp³-hybridized carbons (Fsp3) is 0.500. The average molecular weight is 351 g/mol. The second kappa shape index (κ2) is 5.76. The predicted molar refractivity (Wildman–Crippen MR) is 77.1 cm³/mol. The normalized spacial score (nSPS) is 17.2. The first kappa shape index (κ1) is 14.7. The molecule has 7 heteroatoms. The molecule has 1 aliphatic carbocycles. The summed E-state index contributed by atoms with van der Waals surface area (Å²) in [6.07, 6.45) is 2.20.